The van der Waals surface area contributed by atoms with Crippen LogP contribution in [0.2, 0.25) is 0 Å². The number of amides is 1. The number of carboxylic acids is 1. The molecule has 1 aliphatic carbocycles. The zero-order valence-corrected chi connectivity index (χ0v) is 19.1. The van der Waals surface area contributed by atoms with Gasteiger partial charge in [0.25, 0.3) is 17.2 Å². The van der Waals surface area contributed by atoms with Gasteiger partial charge in [-0.2, -0.15) is 5.10 Å². The van der Waals surface area contributed by atoms with E-state index in [9.17, 15) is 29.3 Å². The van der Waals surface area contributed by atoms with E-state index in [4.69, 9.17) is 14.6 Å². The van der Waals surface area contributed by atoms with Crippen molar-refractivity contribution in [3.63, 3.8) is 0 Å². The van der Waals surface area contributed by atoms with Gasteiger partial charge in [0.1, 0.15) is 11.3 Å². The molecule has 1 fully saturated rings. The number of benzene rings is 1. The third-order valence-corrected chi connectivity index (χ3v) is 5.26. The number of nitro groups is 1. The molecule has 2 aromatic rings. The highest BCUT2D eigenvalue weighted by Crippen LogP contribution is 2.39. The van der Waals surface area contributed by atoms with E-state index in [1.807, 2.05) is 0 Å². The van der Waals surface area contributed by atoms with Crippen molar-refractivity contribution < 1.29 is 33.9 Å². The molecule has 1 saturated carbocycles. The lowest BCUT2D eigenvalue weighted by Crippen LogP contribution is -2.50. The quantitative estimate of drug-likeness (QED) is 0.282. The number of carbonyl (C=O) groups is 4. The van der Waals surface area contributed by atoms with Gasteiger partial charge in [0, 0.05) is 31.7 Å². The number of Topliss-reactive ketones (excluding diaryl/α,β-unsaturated/α-hetero) is 1. The van der Waals surface area contributed by atoms with Crippen LogP contribution in [-0.2, 0) is 19.1 Å². The molecule has 1 aromatic heterocycles. The predicted octanol–water partition coefficient (Wildman–Crippen LogP) is 1.58. The zero-order chi connectivity index (χ0) is 26.0. The van der Waals surface area contributed by atoms with E-state index in [1.165, 1.54) is 38.2 Å². The molecule has 1 atom stereocenters. The maximum Gasteiger partial charge on any atom is 0.326 e. The molecule has 2 heterocycles. The predicted molar refractivity (Wildman–Crippen MR) is 120 cm³/mol. The fourth-order valence-corrected chi connectivity index (χ4v) is 3.60. The third kappa shape index (κ3) is 4.93. The number of fused-ring (bicyclic) bond motifs is 1. The van der Waals surface area contributed by atoms with Crippen molar-refractivity contribution in [3.8, 4) is 11.3 Å². The number of hydrogen-bond acceptors (Lipinski definition) is 9. The first kappa shape index (κ1) is 25.2. The van der Waals surface area contributed by atoms with Crippen LogP contribution >= 0.6 is 0 Å². The molecule has 13 heteroatoms. The molecule has 13 nitrogen and oxygen atoms in total. The second kappa shape index (κ2) is 9.83. The average Bonchev–Trinajstić information content (AvgIpc) is 3.62. The SMILES string of the molecule is CC(=O)O.CCOC(=O)C1C(=O)c2c(c(-c3cccc([N+](=O)[O-])c3)nn(C3CC3)c2=O)N(C)C1=O. The molecule has 0 spiro atoms. The van der Waals surface area contributed by atoms with E-state index < -0.39 is 40.0 Å². The number of carbonyl (C=O) groups excluding carboxylic acids is 3. The molecule has 0 saturated heterocycles. The first-order chi connectivity index (χ1) is 16.5. The second-order valence-electron chi connectivity index (χ2n) is 7.83. The van der Waals surface area contributed by atoms with Gasteiger partial charge in [-0.15, -0.1) is 0 Å². The van der Waals surface area contributed by atoms with Crippen LogP contribution in [0.5, 0.6) is 0 Å². The van der Waals surface area contributed by atoms with Crippen molar-refractivity contribution in [2.75, 3.05) is 18.6 Å². The lowest BCUT2D eigenvalue weighted by molar-refractivity contribution is -0.384. The van der Waals surface area contributed by atoms with Gasteiger partial charge in [-0.05, 0) is 19.8 Å². The topological polar surface area (TPSA) is 179 Å². The molecule has 1 N–H and O–H groups in total. The number of aromatic nitrogens is 2. The van der Waals surface area contributed by atoms with Gasteiger partial charge in [-0.1, -0.05) is 12.1 Å². The highest BCUT2D eigenvalue weighted by Gasteiger charge is 2.47. The van der Waals surface area contributed by atoms with Crippen molar-refractivity contribution in [1.29, 1.82) is 0 Å². The fourth-order valence-electron chi connectivity index (χ4n) is 3.60. The number of non-ortho nitro benzene ring substituents is 1. The number of nitro benzene ring substituents is 1. The zero-order valence-electron chi connectivity index (χ0n) is 19.1. The normalized spacial score (nSPS) is 16.7. The summed E-state index contributed by atoms with van der Waals surface area (Å²) < 4.78 is 6.03. The summed E-state index contributed by atoms with van der Waals surface area (Å²) in [5.41, 5.74) is -0.983. The third-order valence-electron chi connectivity index (χ3n) is 5.26. The minimum absolute atomic E-state index is 0.0337. The number of esters is 1. The molecule has 1 aromatic carbocycles. The van der Waals surface area contributed by atoms with Gasteiger partial charge in [0.15, 0.2) is 11.7 Å². The maximum atomic E-state index is 13.2. The molecule has 184 valence electrons. The van der Waals surface area contributed by atoms with Gasteiger partial charge in [0.05, 0.1) is 23.3 Å². The van der Waals surface area contributed by atoms with Crippen LogP contribution in [0.1, 0.15) is 43.1 Å². The van der Waals surface area contributed by atoms with Crippen molar-refractivity contribution in [2.45, 2.75) is 32.7 Å². The first-order valence-electron chi connectivity index (χ1n) is 10.6. The Bertz CT molecular complexity index is 1290. The van der Waals surface area contributed by atoms with Crippen LogP contribution in [-0.4, -0.2) is 57.1 Å². The van der Waals surface area contributed by atoms with E-state index in [0.29, 0.717) is 12.8 Å². The summed E-state index contributed by atoms with van der Waals surface area (Å²) in [7, 11) is 1.32. The highest BCUT2D eigenvalue weighted by molar-refractivity contribution is 6.31. The number of ether oxygens (including phenoxy) is 1. The summed E-state index contributed by atoms with van der Waals surface area (Å²) in [6, 6.07) is 5.32. The van der Waals surface area contributed by atoms with E-state index in [-0.39, 0.29) is 40.8 Å². The summed E-state index contributed by atoms with van der Waals surface area (Å²) in [4.78, 5) is 72.1. The molecule has 1 amide bonds. The minimum Gasteiger partial charge on any atom is -0.481 e. The Hall–Kier alpha value is -4.42. The Morgan fingerprint density at radius 2 is 1.89 bits per heavy atom. The number of carboxylic acid groups (broad SMARTS) is 1. The van der Waals surface area contributed by atoms with E-state index >= 15 is 0 Å². The van der Waals surface area contributed by atoms with Gasteiger partial charge >= 0.3 is 5.97 Å². The molecule has 1 aliphatic heterocycles. The van der Waals surface area contributed by atoms with Crippen LogP contribution in [0.3, 0.4) is 0 Å². The summed E-state index contributed by atoms with van der Waals surface area (Å²) >= 11 is 0. The maximum absolute atomic E-state index is 13.2. The van der Waals surface area contributed by atoms with Gasteiger partial charge in [-0.3, -0.25) is 34.1 Å². The van der Waals surface area contributed by atoms with Crippen LogP contribution in [0, 0.1) is 16.0 Å². The molecule has 0 bridgehead atoms. The van der Waals surface area contributed by atoms with Gasteiger partial charge in [0.2, 0.25) is 5.91 Å². The smallest absolute Gasteiger partial charge is 0.326 e. The Kier molecular flexibility index (Phi) is 7.08. The van der Waals surface area contributed by atoms with E-state index in [2.05, 4.69) is 5.10 Å². The summed E-state index contributed by atoms with van der Waals surface area (Å²) in [6.07, 6.45) is 1.37. The fraction of sp³-hybridized carbons (Fsp3) is 0.364. The average molecular weight is 486 g/mol. The molecule has 0 radical (unpaired) electrons. The number of nitrogens with zero attached hydrogens (tertiary/aromatic N) is 4. The highest BCUT2D eigenvalue weighted by atomic mass is 16.6. The first-order valence-corrected chi connectivity index (χ1v) is 10.6. The second-order valence-corrected chi connectivity index (χ2v) is 7.83. The lowest BCUT2D eigenvalue weighted by atomic mass is 9.89. The van der Waals surface area contributed by atoms with Crippen LogP contribution in [0.15, 0.2) is 29.1 Å². The van der Waals surface area contributed by atoms with Gasteiger partial charge in [-0.25, -0.2) is 4.68 Å². The van der Waals surface area contributed by atoms with E-state index in [1.54, 1.807) is 0 Å². The van der Waals surface area contributed by atoms with Crippen LogP contribution in [0.25, 0.3) is 11.3 Å². The molecular formula is C22H22N4O9. The molecule has 35 heavy (non-hydrogen) atoms. The molecule has 4 rings (SSSR count). The van der Waals surface area contributed by atoms with Crippen molar-refractivity contribution in [3.05, 3.63) is 50.3 Å². The standard InChI is InChI=1S/C20H18N4O7.C2H4O2/c1-3-31-20(28)14-17(25)13-16(22(2)18(14)26)15(21-23(19(13)27)11-7-8-11)10-5-4-6-12(9-10)24(29)30;1-2(3)4/h4-6,9,11,14H,3,7-8H2,1-2H3;1H3,(H,3,4). The number of ketones is 1. The summed E-state index contributed by atoms with van der Waals surface area (Å²) in [6.45, 7) is 2.59. The Labute approximate surface area is 198 Å². The van der Waals surface area contributed by atoms with Crippen molar-refractivity contribution in [1.82, 2.24) is 9.78 Å². The van der Waals surface area contributed by atoms with Crippen LogP contribution in [0.4, 0.5) is 11.4 Å². The number of rotatable bonds is 5. The molecular weight excluding hydrogens is 464 g/mol. The van der Waals surface area contributed by atoms with Gasteiger partial charge < -0.3 is 14.7 Å². The minimum atomic E-state index is -1.78. The Morgan fingerprint density at radius 1 is 1.26 bits per heavy atom. The number of hydrogen-bond donors (Lipinski definition) is 1. The molecule has 1 unspecified atom stereocenters. The summed E-state index contributed by atoms with van der Waals surface area (Å²) in [5.74, 6) is -5.45. The summed E-state index contributed by atoms with van der Waals surface area (Å²) in [5, 5.41) is 23.0. The lowest BCUT2D eigenvalue weighted by Gasteiger charge is -2.30. The number of anilines is 1. The monoisotopic (exact) mass is 486 g/mol. The van der Waals surface area contributed by atoms with E-state index in [0.717, 1.165) is 16.5 Å². The largest absolute Gasteiger partial charge is 0.481 e. The van der Waals surface area contributed by atoms with Crippen molar-refractivity contribution >= 4 is 35.0 Å². The van der Waals surface area contributed by atoms with Crippen LogP contribution < -0.4 is 10.5 Å². The Balaban J connectivity index is 0.000000795. The van der Waals surface area contributed by atoms with Crippen molar-refractivity contribution in [2.24, 2.45) is 5.92 Å². The Morgan fingerprint density at radius 3 is 2.43 bits per heavy atom. The molecule has 2 aliphatic rings. The number of aliphatic carboxylic acids is 1.